The summed E-state index contributed by atoms with van der Waals surface area (Å²) in [5.74, 6) is 0.474. The SMILES string of the molecule is C=Cn1cc(C(=O)NC[C@H]2CCN(C3Cc4ccccc4C3)C2)cn1. The third kappa shape index (κ3) is 3.37. The van der Waals surface area contributed by atoms with E-state index in [1.165, 1.54) is 11.1 Å². The number of benzene rings is 1. The Bertz CT molecular complexity index is 757. The third-order valence-electron chi connectivity index (χ3n) is 5.47. The van der Waals surface area contributed by atoms with Crippen LogP contribution in [-0.2, 0) is 12.8 Å². The number of carbonyl (C=O) groups is 1. The maximum atomic E-state index is 12.2. The van der Waals surface area contributed by atoms with Crippen molar-refractivity contribution >= 4 is 12.1 Å². The number of hydrogen-bond acceptors (Lipinski definition) is 3. The summed E-state index contributed by atoms with van der Waals surface area (Å²) in [6, 6.07) is 9.42. The molecule has 1 fully saturated rings. The van der Waals surface area contributed by atoms with Gasteiger partial charge >= 0.3 is 0 Å². The van der Waals surface area contributed by atoms with E-state index in [0.717, 1.165) is 38.9 Å². The molecule has 0 unspecified atom stereocenters. The molecule has 0 radical (unpaired) electrons. The highest BCUT2D eigenvalue weighted by molar-refractivity contribution is 5.93. The first-order valence-corrected chi connectivity index (χ1v) is 8.98. The van der Waals surface area contributed by atoms with Crippen LogP contribution < -0.4 is 5.32 Å². The fourth-order valence-electron chi connectivity index (χ4n) is 4.05. The lowest BCUT2D eigenvalue weighted by Gasteiger charge is -2.23. The molecule has 1 atom stereocenters. The predicted molar refractivity (Wildman–Crippen MR) is 98.3 cm³/mol. The lowest BCUT2D eigenvalue weighted by molar-refractivity contribution is 0.0947. The van der Waals surface area contributed by atoms with Crippen molar-refractivity contribution in [1.29, 1.82) is 0 Å². The molecule has 0 saturated carbocycles. The van der Waals surface area contributed by atoms with Crippen LogP contribution in [0.4, 0.5) is 0 Å². The number of hydrogen-bond donors (Lipinski definition) is 1. The Balaban J connectivity index is 1.27. The second kappa shape index (κ2) is 6.84. The van der Waals surface area contributed by atoms with E-state index < -0.39 is 0 Å². The summed E-state index contributed by atoms with van der Waals surface area (Å²) in [5, 5.41) is 7.10. The van der Waals surface area contributed by atoms with Crippen molar-refractivity contribution in [3.8, 4) is 0 Å². The summed E-state index contributed by atoms with van der Waals surface area (Å²) >= 11 is 0. The summed E-state index contributed by atoms with van der Waals surface area (Å²) in [5.41, 5.74) is 3.59. The van der Waals surface area contributed by atoms with Gasteiger partial charge in [0.25, 0.3) is 5.91 Å². The average Bonchev–Trinajstić information content (AvgIpc) is 3.37. The fourth-order valence-corrected chi connectivity index (χ4v) is 4.05. The Morgan fingerprint density at radius 2 is 2.08 bits per heavy atom. The molecule has 1 aromatic heterocycles. The van der Waals surface area contributed by atoms with Crippen LogP contribution in [0.15, 0.2) is 43.2 Å². The molecule has 2 aromatic rings. The Morgan fingerprint density at radius 1 is 1.32 bits per heavy atom. The van der Waals surface area contributed by atoms with Gasteiger partial charge in [0.1, 0.15) is 0 Å². The van der Waals surface area contributed by atoms with Crippen LogP contribution in [0.1, 0.15) is 27.9 Å². The van der Waals surface area contributed by atoms with Crippen molar-refractivity contribution in [2.75, 3.05) is 19.6 Å². The molecule has 1 N–H and O–H groups in total. The predicted octanol–water partition coefficient (Wildman–Crippen LogP) is 2.20. The average molecular weight is 336 g/mol. The van der Waals surface area contributed by atoms with Crippen molar-refractivity contribution in [2.24, 2.45) is 5.92 Å². The number of nitrogens with one attached hydrogen (secondary N) is 1. The second-order valence-corrected chi connectivity index (χ2v) is 7.08. The molecule has 130 valence electrons. The minimum Gasteiger partial charge on any atom is -0.352 e. The monoisotopic (exact) mass is 336 g/mol. The van der Waals surface area contributed by atoms with Gasteiger partial charge in [-0.1, -0.05) is 30.8 Å². The quantitative estimate of drug-likeness (QED) is 0.911. The van der Waals surface area contributed by atoms with E-state index in [0.29, 0.717) is 17.5 Å². The molecule has 1 aliphatic carbocycles. The van der Waals surface area contributed by atoms with Gasteiger partial charge in [-0.2, -0.15) is 5.10 Å². The second-order valence-electron chi connectivity index (χ2n) is 7.08. The Morgan fingerprint density at radius 3 is 2.76 bits per heavy atom. The number of nitrogens with zero attached hydrogens (tertiary/aromatic N) is 3. The van der Waals surface area contributed by atoms with Gasteiger partial charge in [-0.05, 0) is 42.9 Å². The minimum absolute atomic E-state index is 0.0557. The molecular formula is C20H24N4O. The van der Waals surface area contributed by atoms with E-state index in [2.05, 4.69) is 46.2 Å². The Labute approximate surface area is 148 Å². The Hall–Kier alpha value is -2.40. The van der Waals surface area contributed by atoms with Crippen molar-refractivity contribution in [3.05, 3.63) is 59.9 Å². The molecule has 1 aliphatic heterocycles. The van der Waals surface area contributed by atoms with Gasteiger partial charge in [-0.25, -0.2) is 4.68 Å². The summed E-state index contributed by atoms with van der Waals surface area (Å²) in [6.07, 6.45) is 8.32. The molecule has 2 aliphatic rings. The van der Waals surface area contributed by atoms with E-state index in [-0.39, 0.29) is 5.91 Å². The topological polar surface area (TPSA) is 50.2 Å². The first kappa shape index (κ1) is 16.1. The highest BCUT2D eigenvalue weighted by atomic mass is 16.1. The molecule has 5 nitrogen and oxygen atoms in total. The maximum Gasteiger partial charge on any atom is 0.254 e. The summed E-state index contributed by atoms with van der Waals surface area (Å²) in [7, 11) is 0. The number of carbonyl (C=O) groups excluding carboxylic acids is 1. The van der Waals surface area contributed by atoms with E-state index in [1.54, 1.807) is 23.3 Å². The molecule has 1 amide bonds. The Kier molecular flexibility index (Phi) is 4.40. The lowest BCUT2D eigenvalue weighted by atomic mass is 10.1. The molecule has 1 saturated heterocycles. The fraction of sp³-hybridized carbons (Fsp3) is 0.400. The summed E-state index contributed by atoms with van der Waals surface area (Å²) in [4.78, 5) is 14.8. The van der Waals surface area contributed by atoms with Gasteiger partial charge < -0.3 is 5.32 Å². The minimum atomic E-state index is -0.0557. The molecule has 25 heavy (non-hydrogen) atoms. The normalized spacial score (nSPS) is 20.6. The van der Waals surface area contributed by atoms with Gasteiger partial charge in [0.05, 0.1) is 11.8 Å². The smallest absolute Gasteiger partial charge is 0.254 e. The maximum absolute atomic E-state index is 12.2. The lowest BCUT2D eigenvalue weighted by Crippen LogP contribution is -2.36. The zero-order valence-electron chi connectivity index (χ0n) is 14.4. The highest BCUT2D eigenvalue weighted by Crippen LogP contribution is 2.29. The van der Waals surface area contributed by atoms with Crippen LogP contribution in [0.25, 0.3) is 6.20 Å². The van der Waals surface area contributed by atoms with Crippen LogP contribution in [-0.4, -0.2) is 46.3 Å². The number of fused-ring (bicyclic) bond motifs is 1. The van der Waals surface area contributed by atoms with Crippen LogP contribution in [0, 0.1) is 5.92 Å². The molecule has 4 rings (SSSR count). The number of amides is 1. The van der Waals surface area contributed by atoms with Gasteiger partial charge in [0.15, 0.2) is 0 Å². The van der Waals surface area contributed by atoms with Gasteiger partial charge in [-0.3, -0.25) is 9.69 Å². The van der Waals surface area contributed by atoms with Crippen LogP contribution >= 0.6 is 0 Å². The van der Waals surface area contributed by atoms with Gasteiger partial charge in [-0.15, -0.1) is 0 Å². The first-order chi connectivity index (χ1) is 12.2. The number of likely N-dealkylation sites (tertiary alicyclic amines) is 1. The van der Waals surface area contributed by atoms with E-state index >= 15 is 0 Å². The van der Waals surface area contributed by atoms with Crippen LogP contribution in [0.2, 0.25) is 0 Å². The largest absolute Gasteiger partial charge is 0.352 e. The van der Waals surface area contributed by atoms with E-state index in [1.807, 2.05) is 0 Å². The van der Waals surface area contributed by atoms with Crippen molar-refractivity contribution in [1.82, 2.24) is 20.0 Å². The summed E-state index contributed by atoms with van der Waals surface area (Å²) in [6.45, 7) is 6.57. The van der Waals surface area contributed by atoms with Crippen LogP contribution in [0.5, 0.6) is 0 Å². The molecule has 0 bridgehead atoms. The van der Waals surface area contributed by atoms with Gasteiger partial charge in [0.2, 0.25) is 0 Å². The molecule has 2 heterocycles. The van der Waals surface area contributed by atoms with E-state index in [9.17, 15) is 4.79 Å². The van der Waals surface area contributed by atoms with Crippen LogP contribution in [0.3, 0.4) is 0 Å². The van der Waals surface area contributed by atoms with Gasteiger partial charge in [0, 0.05) is 31.5 Å². The summed E-state index contributed by atoms with van der Waals surface area (Å²) < 4.78 is 1.55. The zero-order chi connectivity index (χ0) is 17.2. The zero-order valence-corrected chi connectivity index (χ0v) is 14.4. The molecule has 1 aromatic carbocycles. The highest BCUT2D eigenvalue weighted by Gasteiger charge is 2.32. The molecule has 5 heteroatoms. The molecule has 0 spiro atoms. The molecular weight excluding hydrogens is 312 g/mol. The van der Waals surface area contributed by atoms with Crippen molar-refractivity contribution < 1.29 is 4.79 Å². The van der Waals surface area contributed by atoms with Crippen molar-refractivity contribution in [2.45, 2.75) is 25.3 Å². The number of rotatable bonds is 5. The third-order valence-corrected chi connectivity index (χ3v) is 5.47. The standard InChI is InChI=1S/C20H24N4O/c1-2-24-14-18(12-22-24)20(25)21-11-15-7-8-23(13-15)19-9-16-5-3-4-6-17(16)10-19/h2-6,12,14-15,19H,1,7-11,13H2,(H,21,25)/t15-/m1/s1. The van der Waals surface area contributed by atoms with Crippen molar-refractivity contribution in [3.63, 3.8) is 0 Å². The first-order valence-electron chi connectivity index (χ1n) is 8.98. The number of aromatic nitrogens is 2. The van der Waals surface area contributed by atoms with E-state index in [4.69, 9.17) is 0 Å².